The number of aliphatic carboxylic acids is 1. The Labute approximate surface area is 123 Å². The third kappa shape index (κ3) is 1.83. The standard InChI is InChI=1S/C16H18N2O3/c19-15(20)14-8-11-3-1-2-4-13(11)18(14)16(21)17-9-10-5-6-12(17)7-10/h1-4,10,12,14H,5-9H2,(H,19,20)/t10?,12?,14-/m0/s1. The molecule has 1 N–H and O–H groups in total. The molecular formula is C16H18N2O3. The first kappa shape index (κ1) is 12.7. The lowest BCUT2D eigenvalue weighted by Gasteiger charge is -2.33. The van der Waals surface area contributed by atoms with E-state index in [0.717, 1.165) is 30.6 Å². The summed E-state index contributed by atoms with van der Waals surface area (Å²) in [6.45, 7) is 0.786. The lowest BCUT2D eigenvalue weighted by molar-refractivity contribution is -0.138. The molecule has 1 aliphatic carbocycles. The van der Waals surface area contributed by atoms with Gasteiger partial charge >= 0.3 is 12.0 Å². The largest absolute Gasteiger partial charge is 0.480 e. The molecule has 5 heteroatoms. The summed E-state index contributed by atoms with van der Waals surface area (Å²) in [6, 6.07) is 6.93. The Bertz CT molecular complexity index is 615. The summed E-state index contributed by atoms with van der Waals surface area (Å²) in [5.74, 6) is -0.316. The molecule has 2 bridgehead atoms. The number of rotatable bonds is 1. The van der Waals surface area contributed by atoms with Gasteiger partial charge in [0.25, 0.3) is 0 Å². The first-order chi connectivity index (χ1) is 10.1. The number of anilines is 1. The van der Waals surface area contributed by atoms with Crippen LogP contribution in [0.5, 0.6) is 0 Å². The van der Waals surface area contributed by atoms with E-state index in [9.17, 15) is 14.7 Å². The molecule has 2 aliphatic heterocycles. The number of carboxylic acid groups (broad SMARTS) is 1. The van der Waals surface area contributed by atoms with Gasteiger partial charge in [-0.1, -0.05) is 18.2 Å². The molecule has 3 aliphatic rings. The molecule has 1 aromatic rings. The minimum absolute atomic E-state index is 0.125. The van der Waals surface area contributed by atoms with E-state index >= 15 is 0 Å². The Kier molecular flexibility index (Phi) is 2.71. The van der Waals surface area contributed by atoms with Crippen molar-refractivity contribution < 1.29 is 14.7 Å². The minimum atomic E-state index is -0.927. The summed E-state index contributed by atoms with van der Waals surface area (Å²) in [5.41, 5.74) is 1.71. The van der Waals surface area contributed by atoms with Gasteiger partial charge in [0.1, 0.15) is 6.04 Å². The van der Waals surface area contributed by atoms with Crippen LogP contribution in [0.25, 0.3) is 0 Å². The number of para-hydroxylation sites is 1. The van der Waals surface area contributed by atoms with Crippen molar-refractivity contribution in [2.24, 2.45) is 5.92 Å². The molecule has 4 rings (SSSR count). The summed E-state index contributed by atoms with van der Waals surface area (Å²) in [7, 11) is 0. The molecule has 21 heavy (non-hydrogen) atoms. The van der Waals surface area contributed by atoms with Gasteiger partial charge in [0, 0.05) is 24.7 Å². The number of carbonyl (C=O) groups is 2. The average molecular weight is 286 g/mol. The molecular weight excluding hydrogens is 268 g/mol. The van der Waals surface area contributed by atoms with Gasteiger partial charge in [0.15, 0.2) is 0 Å². The number of amides is 2. The van der Waals surface area contributed by atoms with Gasteiger partial charge in [-0.25, -0.2) is 9.59 Å². The number of benzene rings is 1. The summed E-state index contributed by atoms with van der Waals surface area (Å²) < 4.78 is 0. The quantitative estimate of drug-likeness (QED) is 0.860. The number of carboxylic acids is 1. The van der Waals surface area contributed by atoms with Crippen molar-refractivity contribution >= 4 is 17.7 Å². The van der Waals surface area contributed by atoms with E-state index in [4.69, 9.17) is 0 Å². The summed E-state index contributed by atoms with van der Waals surface area (Å²) in [4.78, 5) is 27.8. The normalized spacial score (nSPS) is 29.8. The fraction of sp³-hybridized carbons (Fsp3) is 0.500. The number of piperidine rings is 1. The number of urea groups is 1. The van der Waals surface area contributed by atoms with Gasteiger partial charge in [-0.05, 0) is 36.8 Å². The van der Waals surface area contributed by atoms with Crippen LogP contribution in [0.15, 0.2) is 24.3 Å². The molecule has 2 amide bonds. The van der Waals surface area contributed by atoms with Crippen LogP contribution in [0.3, 0.4) is 0 Å². The van der Waals surface area contributed by atoms with E-state index in [0.29, 0.717) is 18.4 Å². The Balaban J connectivity index is 1.68. The molecule has 0 radical (unpaired) electrons. The highest BCUT2D eigenvalue weighted by atomic mass is 16.4. The monoisotopic (exact) mass is 286 g/mol. The smallest absolute Gasteiger partial charge is 0.327 e. The molecule has 0 aromatic heterocycles. The Morgan fingerprint density at radius 2 is 2.00 bits per heavy atom. The van der Waals surface area contributed by atoms with Crippen LogP contribution in [-0.2, 0) is 11.2 Å². The van der Waals surface area contributed by atoms with Crippen molar-refractivity contribution in [3.63, 3.8) is 0 Å². The summed E-state index contributed by atoms with van der Waals surface area (Å²) >= 11 is 0. The van der Waals surface area contributed by atoms with Crippen LogP contribution >= 0.6 is 0 Å². The topological polar surface area (TPSA) is 60.9 Å². The SMILES string of the molecule is O=C(O)[C@@H]1Cc2ccccc2N1C(=O)N1CC2CCC1C2. The van der Waals surface area contributed by atoms with Crippen LogP contribution in [0.1, 0.15) is 24.8 Å². The average Bonchev–Trinajstić information content (AvgIpc) is 3.19. The van der Waals surface area contributed by atoms with Crippen molar-refractivity contribution in [2.75, 3.05) is 11.4 Å². The van der Waals surface area contributed by atoms with Gasteiger partial charge in [0.2, 0.25) is 0 Å². The first-order valence-corrected chi connectivity index (χ1v) is 7.55. The Hall–Kier alpha value is -2.04. The molecule has 2 fully saturated rings. The Morgan fingerprint density at radius 3 is 2.67 bits per heavy atom. The maximum atomic E-state index is 12.9. The second-order valence-electron chi connectivity index (χ2n) is 6.32. The molecule has 2 heterocycles. The zero-order valence-electron chi connectivity index (χ0n) is 11.7. The van der Waals surface area contributed by atoms with E-state index in [1.807, 2.05) is 29.2 Å². The third-order valence-corrected chi connectivity index (χ3v) is 5.12. The highest BCUT2D eigenvalue weighted by Crippen LogP contribution is 2.40. The molecule has 1 saturated heterocycles. The van der Waals surface area contributed by atoms with E-state index in [1.165, 1.54) is 11.3 Å². The fourth-order valence-electron chi connectivity index (χ4n) is 4.12. The van der Waals surface area contributed by atoms with Crippen molar-refractivity contribution in [1.29, 1.82) is 0 Å². The van der Waals surface area contributed by atoms with Gasteiger partial charge in [-0.2, -0.15) is 0 Å². The molecule has 110 valence electrons. The predicted molar refractivity (Wildman–Crippen MR) is 77.3 cm³/mol. The number of nitrogens with zero attached hydrogens (tertiary/aromatic N) is 2. The lowest BCUT2D eigenvalue weighted by atomic mass is 10.1. The van der Waals surface area contributed by atoms with Crippen molar-refractivity contribution in [3.8, 4) is 0 Å². The van der Waals surface area contributed by atoms with Crippen LogP contribution in [0, 0.1) is 5.92 Å². The lowest BCUT2D eigenvalue weighted by Crippen LogP contribution is -2.51. The number of likely N-dealkylation sites (tertiary alicyclic amines) is 1. The number of carbonyl (C=O) groups excluding carboxylic acids is 1. The minimum Gasteiger partial charge on any atom is -0.480 e. The third-order valence-electron chi connectivity index (χ3n) is 5.12. The van der Waals surface area contributed by atoms with Crippen LogP contribution < -0.4 is 4.90 Å². The van der Waals surface area contributed by atoms with E-state index in [1.54, 1.807) is 0 Å². The van der Waals surface area contributed by atoms with Crippen LogP contribution in [0.2, 0.25) is 0 Å². The van der Waals surface area contributed by atoms with Gasteiger partial charge < -0.3 is 10.0 Å². The fourth-order valence-corrected chi connectivity index (χ4v) is 4.12. The summed E-state index contributed by atoms with van der Waals surface area (Å²) in [5, 5.41) is 9.47. The van der Waals surface area contributed by atoms with Crippen molar-refractivity contribution in [1.82, 2.24) is 4.90 Å². The Morgan fingerprint density at radius 1 is 1.19 bits per heavy atom. The van der Waals surface area contributed by atoms with Crippen LogP contribution in [-0.4, -0.2) is 40.6 Å². The van der Waals surface area contributed by atoms with Crippen LogP contribution in [0.4, 0.5) is 10.5 Å². The van der Waals surface area contributed by atoms with Crippen molar-refractivity contribution in [3.05, 3.63) is 29.8 Å². The molecule has 3 atom stereocenters. The second kappa shape index (κ2) is 4.48. The number of fused-ring (bicyclic) bond motifs is 3. The van der Waals surface area contributed by atoms with Gasteiger partial charge in [-0.15, -0.1) is 0 Å². The van der Waals surface area contributed by atoms with E-state index in [-0.39, 0.29) is 6.03 Å². The maximum absolute atomic E-state index is 12.9. The molecule has 2 unspecified atom stereocenters. The van der Waals surface area contributed by atoms with Gasteiger partial charge in [0.05, 0.1) is 0 Å². The number of hydrogen-bond donors (Lipinski definition) is 1. The van der Waals surface area contributed by atoms with E-state index in [2.05, 4.69) is 0 Å². The highest BCUT2D eigenvalue weighted by molar-refractivity contribution is 6.01. The van der Waals surface area contributed by atoms with Crippen molar-refractivity contribution in [2.45, 2.75) is 37.8 Å². The zero-order chi connectivity index (χ0) is 14.6. The van der Waals surface area contributed by atoms with Gasteiger partial charge in [-0.3, -0.25) is 4.90 Å². The zero-order valence-corrected chi connectivity index (χ0v) is 11.7. The first-order valence-electron chi connectivity index (χ1n) is 7.55. The molecule has 1 saturated carbocycles. The molecule has 1 aromatic carbocycles. The second-order valence-corrected chi connectivity index (χ2v) is 6.32. The summed E-state index contributed by atoms with van der Waals surface area (Å²) in [6.07, 6.45) is 3.75. The highest BCUT2D eigenvalue weighted by Gasteiger charge is 2.46. The number of hydrogen-bond acceptors (Lipinski definition) is 2. The van der Waals surface area contributed by atoms with E-state index < -0.39 is 12.0 Å². The predicted octanol–water partition coefficient (Wildman–Crippen LogP) is 2.11. The molecule has 5 nitrogen and oxygen atoms in total. The maximum Gasteiger partial charge on any atom is 0.327 e. The molecule has 0 spiro atoms.